The molecule has 0 saturated heterocycles. The van der Waals surface area contributed by atoms with Crippen LogP contribution in [0.2, 0.25) is 0 Å². The Bertz CT molecular complexity index is 1700. The second-order valence-electron chi connectivity index (χ2n) is 11.8. The molecule has 0 aliphatic heterocycles. The molecule has 6 rings (SSSR count). The molecule has 44 heavy (non-hydrogen) atoms. The molecular formula is C29H36F2N10O2S. The summed E-state index contributed by atoms with van der Waals surface area (Å²) in [6, 6.07) is 5.04. The third kappa shape index (κ3) is 6.88. The van der Waals surface area contributed by atoms with E-state index in [0.717, 1.165) is 35.7 Å². The number of halogens is 2. The van der Waals surface area contributed by atoms with Gasteiger partial charge in [-0.3, -0.25) is 0 Å². The minimum atomic E-state index is -3.50. The predicted octanol–water partition coefficient (Wildman–Crippen LogP) is 4.86. The lowest BCUT2D eigenvalue weighted by molar-refractivity contribution is 0.0568. The molecule has 2 N–H and O–H groups in total. The maximum Gasteiger partial charge on any atom is 0.333 e. The molecule has 0 spiro atoms. The highest BCUT2D eigenvalue weighted by Crippen LogP contribution is 2.33. The molecule has 0 aromatic carbocycles. The van der Waals surface area contributed by atoms with E-state index in [1.165, 1.54) is 31.4 Å². The number of anilines is 3. The molecule has 0 atom stereocenters. The van der Waals surface area contributed by atoms with Gasteiger partial charge in [0, 0.05) is 49.0 Å². The number of nitrogens with one attached hydrogen (secondary N) is 2. The Labute approximate surface area is 255 Å². The monoisotopic (exact) mass is 626 g/mol. The van der Waals surface area contributed by atoms with Crippen molar-refractivity contribution >= 4 is 27.3 Å². The van der Waals surface area contributed by atoms with Gasteiger partial charge in [-0.05, 0) is 76.6 Å². The van der Waals surface area contributed by atoms with Gasteiger partial charge in [-0.1, -0.05) is 0 Å². The van der Waals surface area contributed by atoms with Gasteiger partial charge in [-0.25, -0.2) is 28.1 Å². The van der Waals surface area contributed by atoms with Crippen LogP contribution in [0.4, 0.5) is 26.1 Å². The Kier molecular flexibility index (Phi) is 8.58. The first-order valence-electron chi connectivity index (χ1n) is 14.8. The van der Waals surface area contributed by atoms with Gasteiger partial charge >= 0.3 is 6.55 Å². The van der Waals surface area contributed by atoms with E-state index in [-0.39, 0.29) is 5.25 Å². The van der Waals surface area contributed by atoms with Crippen LogP contribution < -0.4 is 10.6 Å². The van der Waals surface area contributed by atoms with Gasteiger partial charge in [0.15, 0.2) is 5.82 Å². The average molecular weight is 627 g/mol. The van der Waals surface area contributed by atoms with E-state index in [9.17, 15) is 17.2 Å². The van der Waals surface area contributed by atoms with Crippen molar-refractivity contribution in [2.75, 3.05) is 37.8 Å². The first-order valence-corrected chi connectivity index (χ1v) is 16.3. The molecule has 2 fully saturated rings. The number of hydrogen-bond donors (Lipinski definition) is 2. The highest BCUT2D eigenvalue weighted by Gasteiger charge is 2.37. The summed E-state index contributed by atoms with van der Waals surface area (Å²) in [5.41, 5.74) is 2.20. The summed E-state index contributed by atoms with van der Waals surface area (Å²) in [7, 11) is 0.718. The molecule has 2 saturated carbocycles. The standard InChI is InChI=1S/C29H36F2N10O2S/c1-39(2)17-20-5-3-19(4-6-20)14-33-25-13-27(34-16-23(25)24-10-12-40(38-24)29(30)31)36-26-9-11-32-28(37-26)21-15-35-41(18-21)44(42,43)22-7-8-22/h9-13,15-16,18-20,22,29H,3-8,14,17H2,1-2H3,(H2,32,33,34,36,37). The second kappa shape index (κ2) is 12.6. The minimum absolute atomic E-state index is 0.310. The van der Waals surface area contributed by atoms with Gasteiger partial charge in [0.05, 0.1) is 28.9 Å². The van der Waals surface area contributed by atoms with Gasteiger partial charge in [0.2, 0.25) is 0 Å². The van der Waals surface area contributed by atoms with Gasteiger partial charge in [-0.15, -0.1) is 0 Å². The lowest BCUT2D eigenvalue weighted by Crippen LogP contribution is -2.28. The first kappa shape index (κ1) is 30.1. The Morgan fingerprint density at radius 1 is 1.02 bits per heavy atom. The zero-order valence-corrected chi connectivity index (χ0v) is 25.5. The van der Waals surface area contributed by atoms with E-state index in [1.54, 1.807) is 24.5 Å². The van der Waals surface area contributed by atoms with Crippen LogP contribution in [-0.2, 0) is 10.0 Å². The zero-order chi connectivity index (χ0) is 30.8. The average Bonchev–Trinajstić information content (AvgIpc) is 3.54. The molecule has 234 valence electrons. The third-order valence-electron chi connectivity index (χ3n) is 8.10. The van der Waals surface area contributed by atoms with Gasteiger partial charge in [0.1, 0.15) is 11.6 Å². The molecule has 0 unspecified atom stereocenters. The van der Waals surface area contributed by atoms with Crippen molar-refractivity contribution in [3.63, 3.8) is 0 Å². The van der Waals surface area contributed by atoms with Gasteiger partial charge < -0.3 is 15.5 Å². The topological polar surface area (TPSA) is 136 Å². The quantitative estimate of drug-likeness (QED) is 0.224. The summed E-state index contributed by atoms with van der Waals surface area (Å²) in [4.78, 5) is 15.6. The molecule has 15 heteroatoms. The normalized spacial score (nSPS) is 19.0. The number of hydrogen-bond acceptors (Lipinski definition) is 10. The minimum Gasteiger partial charge on any atom is -0.384 e. The van der Waals surface area contributed by atoms with E-state index in [4.69, 9.17) is 0 Å². The zero-order valence-electron chi connectivity index (χ0n) is 24.6. The van der Waals surface area contributed by atoms with E-state index in [0.29, 0.717) is 63.6 Å². The van der Waals surface area contributed by atoms with Crippen molar-refractivity contribution < 1.29 is 17.2 Å². The molecule has 4 heterocycles. The van der Waals surface area contributed by atoms with Crippen LogP contribution in [0.3, 0.4) is 0 Å². The highest BCUT2D eigenvalue weighted by atomic mass is 32.2. The third-order valence-corrected chi connectivity index (χ3v) is 10.1. The van der Waals surface area contributed by atoms with Crippen LogP contribution in [0.15, 0.2) is 49.2 Å². The van der Waals surface area contributed by atoms with Crippen LogP contribution in [-0.4, -0.2) is 79.7 Å². The summed E-state index contributed by atoms with van der Waals surface area (Å²) in [5, 5.41) is 14.4. The van der Waals surface area contributed by atoms with Crippen molar-refractivity contribution in [3.8, 4) is 22.6 Å². The number of pyridine rings is 1. The molecular weight excluding hydrogens is 590 g/mol. The molecule has 4 aromatic heterocycles. The predicted molar refractivity (Wildman–Crippen MR) is 163 cm³/mol. The molecule has 0 bridgehead atoms. The Morgan fingerprint density at radius 3 is 2.50 bits per heavy atom. The number of rotatable bonds is 12. The van der Waals surface area contributed by atoms with E-state index >= 15 is 0 Å². The van der Waals surface area contributed by atoms with Crippen molar-refractivity contribution in [2.45, 2.75) is 50.3 Å². The first-order chi connectivity index (χ1) is 21.2. The molecule has 12 nitrogen and oxygen atoms in total. The van der Waals surface area contributed by atoms with Crippen molar-refractivity contribution in [3.05, 3.63) is 49.2 Å². The summed E-state index contributed by atoms with van der Waals surface area (Å²) < 4.78 is 53.2. The molecule has 0 amide bonds. The second-order valence-corrected chi connectivity index (χ2v) is 13.9. The van der Waals surface area contributed by atoms with E-state index in [1.807, 2.05) is 6.07 Å². The number of nitrogens with zero attached hydrogens (tertiary/aromatic N) is 8. The Balaban J connectivity index is 1.20. The van der Waals surface area contributed by atoms with Crippen LogP contribution in [0.5, 0.6) is 0 Å². The summed E-state index contributed by atoms with van der Waals surface area (Å²) >= 11 is 0. The summed E-state index contributed by atoms with van der Waals surface area (Å²) in [6.45, 7) is -0.894. The largest absolute Gasteiger partial charge is 0.384 e. The highest BCUT2D eigenvalue weighted by molar-refractivity contribution is 7.90. The van der Waals surface area contributed by atoms with Crippen LogP contribution in [0.1, 0.15) is 45.1 Å². The Morgan fingerprint density at radius 2 is 1.80 bits per heavy atom. The van der Waals surface area contributed by atoms with Crippen LogP contribution in [0.25, 0.3) is 22.6 Å². The smallest absolute Gasteiger partial charge is 0.333 e. The lowest BCUT2D eigenvalue weighted by atomic mass is 9.81. The Hall–Kier alpha value is -3.98. The van der Waals surface area contributed by atoms with Crippen LogP contribution in [0, 0.1) is 11.8 Å². The maximum absolute atomic E-state index is 13.3. The molecule has 2 aliphatic rings. The fourth-order valence-electron chi connectivity index (χ4n) is 5.63. The molecule has 0 radical (unpaired) electrons. The van der Waals surface area contributed by atoms with Crippen molar-refractivity contribution in [2.24, 2.45) is 11.8 Å². The maximum atomic E-state index is 13.3. The molecule has 2 aliphatic carbocycles. The van der Waals surface area contributed by atoms with E-state index < -0.39 is 16.6 Å². The SMILES string of the molecule is CN(C)CC1CCC(CNc2cc(Nc3ccnc(-c4cnn(S(=O)(=O)C5CC5)c4)n3)ncc2-c2ccn(C(F)F)n2)CC1. The number of alkyl halides is 2. The van der Waals surface area contributed by atoms with Crippen LogP contribution >= 0.6 is 0 Å². The summed E-state index contributed by atoms with van der Waals surface area (Å²) in [6.07, 6.45) is 13.2. The lowest BCUT2D eigenvalue weighted by Gasteiger charge is -2.30. The molecule has 4 aromatic rings. The summed E-state index contributed by atoms with van der Waals surface area (Å²) in [5.74, 6) is 2.45. The fraction of sp³-hybridized carbons (Fsp3) is 0.483. The van der Waals surface area contributed by atoms with Gasteiger partial charge in [-0.2, -0.15) is 23.1 Å². The van der Waals surface area contributed by atoms with Gasteiger partial charge in [0.25, 0.3) is 10.0 Å². The number of aromatic nitrogens is 7. The van der Waals surface area contributed by atoms with Crippen molar-refractivity contribution in [1.29, 1.82) is 0 Å². The fourth-order valence-corrected chi connectivity index (χ4v) is 7.11. The van der Waals surface area contributed by atoms with Crippen molar-refractivity contribution in [1.82, 2.24) is 38.8 Å². The van der Waals surface area contributed by atoms with E-state index in [2.05, 4.69) is 54.8 Å².